The average Bonchev–Trinajstić information content (AvgIpc) is 2.84. The van der Waals surface area contributed by atoms with E-state index in [4.69, 9.17) is 4.74 Å². The Hall–Kier alpha value is -0.420. The number of ether oxygens (including phenoxy) is 1. The van der Waals surface area contributed by atoms with Crippen LogP contribution in [0.2, 0.25) is 0 Å². The summed E-state index contributed by atoms with van der Waals surface area (Å²) in [6, 6.07) is 5.08. The summed E-state index contributed by atoms with van der Waals surface area (Å²) in [6.07, 6.45) is 2.89. The van der Waals surface area contributed by atoms with E-state index >= 15 is 0 Å². The number of thiophene rings is 1. The summed E-state index contributed by atoms with van der Waals surface area (Å²) in [5.41, 5.74) is 0. The lowest BCUT2D eigenvalue weighted by molar-refractivity contribution is 0.0289. The standard InChI is InChI=1S/C15H26N2OS/c1-12(2)16-9-14-6-7-15(19-14)11-17-8-4-5-13(10-17)18-3/h6-7,12-13,16H,4-5,8-11H2,1-3H3. The molecule has 1 aromatic rings. The summed E-state index contributed by atoms with van der Waals surface area (Å²) >= 11 is 1.93. The number of methoxy groups -OCH3 is 1. The Kier molecular flexibility index (Phi) is 5.82. The predicted molar refractivity (Wildman–Crippen MR) is 81.6 cm³/mol. The topological polar surface area (TPSA) is 24.5 Å². The third-order valence-corrected chi connectivity index (χ3v) is 4.65. The molecule has 4 heteroatoms. The largest absolute Gasteiger partial charge is 0.380 e. The summed E-state index contributed by atoms with van der Waals surface area (Å²) in [4.78, 5) is 5.42. The van der Waals surface area contributed by atoms with Crippen LogP contribution in [0.15, 0.2) is 12.1 Å². The van der Waals surface area contributed by atoms with Gasteiger partial charge in [0.15, 0.2) is 0 Å². The maximum absolute atomic E-state index is 5.48. The Morgan fingerprint density at radius 2 is 2.21 bits per heavy atom. The summed E-state index contributed by atoms with van der Waals surface area (Å²) in [5.74, 6) is 0. The molecule has 1 N–H and O–H groups in total. The molecule has 2 rings (SSSR count). The maximum Gasteiger partial charge on any atom is 0.0698 e. The van der Waals surface area contributed by atoms with Crippen LogP contribution in [-0.4, -0.2) is 37.2 Å². The lowest BCUT2D eigenvalue weighted by Gasteiger charge is -2.31. The normalized spacial score (nSPS) is 21.2. The van der Waals surface area contributed by atoms with Gasteiger partial charge in [0.25, 0.3) is 0 Å². The fourth-order valence-corrected chi connectivity index (χ4v) is 3.49. The Labute approximate surface area is 121 Å². The van der Waals surface area contributed by atoms with Crippen LogP contribution in [0.5, 0.6) is 0 Å². The number of piperidine rings is 1. The third-order valence-electron chi connectivity index (χ3n) is 3.58. The molecule has 108 valence electrons. The molecular weight excluding hydrogens is 256 g/mol. The summed E-state index contributed by atoms with van der Waals surface area (Å²) in [5, 5.41) is 3.47. The van der Waals surface area contributed by atoms with Crippen LogP contribution in [0.4, 0.5) is 0 Å². The number of likely N-dealkylation sites (tertiary alicyclic amines) is 1. The molecule has 0 aromatic carbocycles. The van der Waals surface area contributed by atoms with Gasteiger partial charge in [-0.3, -0.25) is 4.90 Å². The number of nitrogens with zero attached hydrogens (tertiary/aromatic N) is 1. The van der Waals surface area contributed by atoms with Gasteiger partial charge in [0.2, 0.25) is 0 Å². The first-order chi connectivity index (χ1) is 9.17. The molecule has 0 aliphatic carbocycles. The van der Waals surface area contributed by atoms with Crippen LogP contribution in [0.25, 0.3) is 0 Å². The van der Waals surface area contributed by atoms with Crippen molar-refractivity contribution in [2.24, 2.45) is 0 Å². The van der Waals surface area contributed by atoms with Gasteiger partial charge in [-0.25, -0.2) is 0 Å². The van der Waals surface area contributed by atoms with Gasteiger partial charge in [-0.15, -0.1) is 11.3 Å². The quantitative estimate of drug-likeness (QED) is 0.868. The summed E-state index contributed by atoms with van der Waals surface area (Å²) in [6.45, 7) is 8.72. The van der Waals surface area contributed by atoms with Crippen molar-refractivity contribution in [2.75, 3.05) is 20.2 Å². The Morgan fingerprint density at radius 1 is 1.42 bits per heavy atom. The first-order valence-corrected chi connectivity index (χ1v) is 8.05. The van der Waals surface area contributed by atoms with E-state index in [-0.39, 0.29) is 0 Å². The lowest BCUT2D eigenvalue weighted by atomic mass is 10.1. The lowest BCUT2D eigenvalue weighted by Crippen LogP contribution is -2.38. The van der Waals surface area contributed by atoms with Crippen molar-refractivity contribution < 1.29 is 4.74 Å². The second-order valence-corrected chi connectivity index (χ2v) is 6.89. The molecule has 2 heterocycles. The third kappa shape index (κ3) is 4.88. The van der Waals surface area contributed by atoms with Crippen LogP contribution >= 0.6 is 11.3 Å². The zero-order chi connectivity index (χ0) is 13.7. The predicted octanol–water partition coefficient (Wildman–Crippen LogP) is 2.86. The molecule has 0 spiro atoms. The van der Waals surface area contributed by atoms with Crippen molar-refractivity contribution in [3.63, 3.8) is 0 Å². The average molecular weight is 282 g/mol. The fraction of sp³-hybridized carbons (Fsp3) is 0.733. The number of hydrogen-bond acceptors (Lipinski definition) is 4. The van der Waals surface area contributed by atoms with E-state index in [1.807, 2.05) is 18.4 Å². The molecule has 1 atom stereocenters. The SMILES string of the molecule is COC1CCCN(Cc2ccc(CNC(C)C)s2)C1. The Morgan fingerprint density at radius 3 is 2.95 bits per heavy atom. The minimum Gasteiger partial charge on any atom is -0.380 e. The second-order valence-electron chi connectivity index (χ2n) is 5.64. The zero-order valence-corrected chi connectivity index (χ0v) is 13.1. The van der Waals surface area contributed by atoms with Crippen molar-refractivity contribution in [2.45, 2.75) is 51.9 Å². The van der Waals surface area contributed by atoms with Gasteiger partial charge in [-0.2, -0.15) is 0 Å². The van der Waals surface area contributed by atoms with Crippen molar-refractivity contribution in [3.05, 3.63) is 21.9 Å². The van der Waals surface area contributed by atoms with E-state index < -0.39 is 0 Å². The molecule has 1 saturated heterocycles. The van der Waals surface area contributed by atoms with Crippen molar-refractivity contribution in [3.8, 4) is 0 Å². The smallest absolute Gasteiger partial charge is 0.0698 e. The van der Waals surface area contributed by atoms with Crippen LogP contribution < -0.4 is 5.32 Å². The van der Waals surface area contributed by atoms with Gasteiger partial charge in [0, 0.05) is 42.5 Å². The highest BCUT2D eigenvalue weighted by molar-refractivity contribution is 7.11. The molecule has 1 aliphatic heterocycles. The maximum atomic E-state index is 5.48. The van der Waals surface area contributed by atoms with Crippen LogP contribution in [-0.2, 0) is 17.8 Å². The number of nitrogens with one attached hydrogen (secondary N) is 1. The first kappa shape index (κ1) is 15.0. The molecule has 0 amide bonds. The van der Waals surface area contributed by atoms with Crippen LogP contribution in [0, 0.1) is 0 Å². The van der Waals surface area contributed by atoms with Crippen molar-refractivity contribution in [1.82, 2.24) is 10.2 Å². The molecule has 0 saturated carbocycles. The van der Waals surface area contributed by atoms with Gasteiger partial charge in [0.1, 0.15) is 0 Å². The molecule has 3 nitrogen and oxygen atoms in total. The van der Waals surface area contributed by atoms with E-state index in [1.54, 1.807) is 0 Å². The summed E-state index contributed by atoms with van der Waals surface area (Å²) in [7, 11) is 1.83. The van der Waals surface area contributed by atoms with Gasteiger partial charge >= 0.3 is 0 Å². The molecular formula is C15H26N2OS. The van der Waals surface area contributed by atoms with Crippen LogP contribution in [0.3, 0.4) is 0 Å². The molecule has 0 radical (unpaired) electrons. The van der Waals surface area contributed by atoms with E-state index in [2.05, 4.69) is 36.2 Å². The van der Waals surface area contributed by atoms with Gasteiger partial charge in [-0.05, 0) is 31.5 Å². The highest BCUT2D eigenvalue weighted by atomic mass is 32.1. The fourth-order valence-electron chi connectivity index (χ4n) is 2.48. The first-order valence-electron chi connectivity index (χ1n) is 7.23. The van der Waals surface area contributed by atoms with E-state index in [1.165, 1.54) is 29.1 Å². The van der Waals surface area contributed by atoms with Gasteiger partial charge in [-0.1, -0.05) is 13.8 Å². The van der Waals surface area contributed by atoms with Crippen molar-refractivity contribution >= 4 is 11.3 Å². The van der Waals surface area contributed by atoms with Gasteiger partial charge < -0.3 is 10.1 Å². The molecule has 1 aliphatic rings. The van der Waals surface area contributed by atoms with Crippen molar-refractivity contribution in [1.29, 1.82) is 0 Å². The van der Waals surface area contributed by atoms with Crippen LogP contribution in [0.1, 0.15) is 36.4 Å². The van der Waals surface area contributed by atoms with E-state index in [0.717, 1.165) is 19.6 Å². The monoisotopic (exact) mass is 282 g/mol. The number of rotatable bonds is 6. The molecule has 0 bridgehead atoms. The minimum atomic E-state index is 0.427. The highest BCUT2D eigenvalue weighted by Crippen LogP contribution is 2.21. The molecule has 19 heavy (non-hydrogen) atoms. The molecule has 1 unspecified atom stereocenters. The molecule has 1 fully saturated rings. The number of hydrogen-bond donors (Lipinski definition) is 1. The Balaban J connectivity index is 1.82. The van der Waals surface area contributed by atoms with E-state index in [0.29, 0.717) is 12.1 Å². The van der Waals surface area contributed by atoms with Gasteiger partial charge in [0.05, 0.1) is 6.10 Å². The minimum absolute atomic E-state index is 0.427. The molecule has 1 aromatic heterocycles. The van der Waals surface area contributed by atoms with E-state index in [9.17, 15) is 0 Å². The second kappa shape index (κ2) is 7.39. The summed E-state index contributed by atoms with van der Waals surface area (Å²) < 4.78 is 5.48. The Bertz CT molecular complexity index is 378. The zero-order valence-electron chi connectivity index (χ0n) is 12.3. The highest BCUT2D eigenvalue weighted by Gasteiger charge is 2.19.